The summed E-state index contributed by atoms with van der Waals surface area (Å²) in [5, 5.41) is 0. The van der Waals surface area contributed by atoms with Crippen molar-refractivity contribution in [1.29, 1.82) is 0 Å². The van der Waals surface area contributed by atoms with Crippen LogP contribution in [0.4, 0.5) is 0 Å². The van der Waals surface area contributed by atoms with Gasteiger partial charge in [-0.1, -0.05) is 6.92 Å². The summed E-state index contributed by atoms with van der Waals surface area (Å²) in [7, 11) is 0. The van der Waals surface area contributed by atoms with E-state index >= 15 is 0 Å². The van der Waals surface area contributed by atoms with Crippen molar-refractivity contribution in [2.45, 2.75) is 32.2 Å². The van der Waals surface area contributed by atoms with Crippen molar-refractivity contribution >= 4 is 5.91 Å². The fourth-order valence-corrected chi connectivity index (χ4v) is 2.89. The number of nitrogens with zero attached hydrogens (tertiary/aromatic N) is 3. The molecule has 2 N–H and O–H groups in total. The molecule has 2 heterocycles. The van der Waals surface area contributed by atoms with Gasteiger partial charge in [-0.15, -0.1) is 0 Å². The molecule has 2 saturated heterocycles. The summed E-state index contributed by atoms with van der Waals surface area (Å²) in [6.07, 6.45) is 2.59. The van der Waals surface area contributed by atoms with E-state index in [4.69, 9.17) is 5.73 Å². The number of hydrogen-bond donors (Lipinski definition) is 1. The number of rotatable bonds is 4. The lowest BCUT2D eigenvalue weighted by Crippen LogP contribution is -2.48. The maximum atomic E-state index is 12.1. The second-order valence-electron chi connectivity index (χ2n) is 5.74. The van der Waals surface area contributed by atoms with E-state index < -0.39 is 0 Å². The quantitative estimate of drug-likeness (QED) is 0.777. The number of likely N-dealkylation sites (tertiary alicyclic amines) is 1. The summed E-state index contributed by atoms with van der Waals surface area (Å²) in [6.45, 7) is 10.5. The third-order valence-corrected chi connectivity index (χ3v) is 4.45. The molecule has 19 heavy (non-hydrogen) atoms. The Bertz CT molecular complexity index is 281. The second kappa shape index (κ2) is 7.22. The molecule has 5 nitrogen and oxygen atoms in total. The molecule has 2 rings (SSSR count). The number of carbonyl (C=O) groups excluding carboxylic acids is 1. The molecule has 0 aliphatic carbocycles. The van der Waals surface area contributed by atoms with E-state index in [0.717, 1.165) is 65.2 Å². The highest BCUT2D eigenvalue weighted by Crippen LogP contribution is 2.10. The first-order valence-electron chi connectivity index (χ1n) is 7.67. The minimum Gasteiger partial charge on any atom is -0.343 e. The summed E-state index contributed by atoms with van der Waals surface area (Å²) >= 11 is 0. The molecule has 0 bridgehead atoms. The van der Waals surface area contributed by atoms with Crippen molar-refractivity contribution in [3.63, 3.8) is 0 Å². The number of carbonyl (C=O) groups is 1. The van der Waals surface area contributed by atoms with Crippen LogP contribution in [0.15, 0.2) is 0 Å². The van der Waals surface area contributed by atoms with Crippen LogP contribution in [0.3, 0.4) is 0 Å². The fraction of sp³-hybridized carbons (Fsp3) is 0.929. The maximum absolute atomic E-state index is 12.1. The molecule has 0 saturated carbocycles. The SMILES string of the molecule is CCN1CCN(CCC(=O)N2CCC(N)CC2)CC1. The third kappa shape index (κ3) is 4.44. The Morgan fingerprint density at radius 1 is 1.05 bits per heavy atom. The van der Waals surface area contributed by atoms with Gasteiger partial charge in [0.1, 0.15) is 0 Å². The average Bonchev–Trinajstić information content (AvgIpc) is 2.46. The molecule has 5 heteroatoms. The van der Waals surface area contributed by atoms with E-state index in [1.165, 1.54) is 0 Å². The highest BCUT2D eigenvalue weighted by Gasteiger charge is 2.21. The molecule has 0 unspecified atom stereocenters. The minimum atomic E-state index is 0.297. The average molecular weight is 268 g/mol. The first-order chi connectivity index (χ1) is 9.19. The Morgan fingerprint density at radius 2 is 1.63 bits per heavy atom. The monoisotopic (exact) mass is 268 g/mol. The molecule has 0 spiro atoms. The number of amides is 1. The maximum Gasteiger partial charge on any atom is 0.223 e. The largest absolute Gasteiger partial charge is 0.343 e. The van der Waals surface area contributed by atoms with Crippen LogP contribution in [0.2, 0.25) is 0 Å². The number of hydrogen-bond acceptors (Lipinski definition) is 4. The van der Waals surface area contributed by atoms with Crippen molar-refractivity contribution in [1.82, 2.24) is 14.7 Å². The van der Waals surface area contributed by atoms with Crippen LogP contribution in [-0.2, 0) is 4.79 Å². The number of piperazine rings is 1. The van der Waals surface area contributed by atoms with Crippen LogP contribution in [0.25, 0.3) is 0 Å². The summed E-state index contributed by atoms with van der Waals surface area (Å²) in [4.78, 5) is 19.0. The number of likely N-dealkylation sites (N-methyl/N-ethyl adjacent to an activating group) is 1. The van der Waals surface area contributed by atoms with E-state index in [1.807, 2.05) is 4.90 Å². The molecule has 0 aromatic carbocycles. The van der Waals surface area contributed by atoms with Crippen molar-refractivity contribution in [3.05, 3.63) is 0 Å². The van der Waals surface area contributed by atoms with Gasteiger partial charge >= 0.3 is 0 Å². The van der Waals surface area contributed by atoms with Crippen LogP contribution >= 0.6 is 0 Å². The molecular formula is C14H28N4O. The molecule has 0 aromatic rings. The van der Waals surface area contributed by atoms with Gasteiger partial charge < -0.3 is 20.4 Å². The van der Waals surface area contributed by atoms with Crippen molar-refractivity contribution in [2.24, 2.45) is 5.73 Å². The van der Waals surface area contributed by atoms with Crippen molar-refractivity contribution < 1.29 is 4.79 Å². The molecule has 1 amide bonds. The van der Waals surface area contributed by atoms with Gasteiger partial charge in [0.05, 0.1) is 0 Å². The first-order valence-corrected chi connectivity index (χ1v) is 7.67. The highest BCUT2D eigenvalue weighted by atomic mass is 16.2. The summed E-state index contributed by atoms with van der Waals surface area (Å²) in [5.74, 6) is 0.310. The minimum absolute atomic E-state index is 0.297. The van der Waals surface area contributed by atoms with E-state index in [0.29, 0.717) is 18.4 Å². The lowest BCUT2D eigenvalue weighted by Gasteiger charge is -2.35. The van der Waals surface area contributed by atoms with Gasteiger partial charge in [0, 0.05) is 58.3 Å². The lowest BCUT2D eigenvalue weighted by molar-refractivity contribution is -0.132. The molecule has 0 radical (unpaired) electrons. The van der Waals surface area contributed by atoms with E-state index in [2.05, 4.69) is 16.7 Å². The Kier molecular flexibility index (Phi) is 5.60. The zero-order chi connectivity index (χ0) is 13.7. The Morgan fingerprint density at radius 3 is 2.21 bits per heavy atom. The van der Waals surface area contributed by atoms with Gasteiger partial charge in [0.15, 0.2) is 0 Å². The Labute approximate surface area is 116 Å². The highest BCUT2D eigenvalue weighted by molar-refractivity contribution is 5.76. The van der Waals surface area contributed by atoms with Crippen LogP contribution in [0, 0.1) is 0 Å². The van der Waals surface area contributed by atoms with Crippen molar-refractivity contribution in [3.8, 4) is 0 Å². The van der Waals surface area contributed by atoms with E-state index in [1.54, 1.807) is 0 Å². The number of piperidine rings is 1. The van der Waals surface area contributed by atoms with Crippen LogP contribution < -0.4 is 5.73 Å². The molecule has 2 aliphatic rings. The second-order valence-corrected chi connectivity index (χ2v) is 5.74. The van der Waals surface area contributed by atoms with Gasteiger partial charge in [-0.2, -0.15) is 0 Å². The van der Waals surface area contributed by atoms with Crippen LogP contribution in [0.5, 0.6) is 0 Å². The smallest absolute Gasteiger partial charge is 0.223 e. The normalized spacial score (nSPS) is 23.8. The van der Waals surface area contributed by atoms with Gasteiger partial charge in [-0.25, -0.2) is 0 Å². The number of nitrogens with two attached hydrogens (primary N) is 1. The molecule has 2 fully saturated rings. The first kappa shape index (κ1) is 14.8. The van der Waals surface area contributed by atoms with Gasteiger partial charge in [-0.3, -0.25) is 4.79 Å². The Balaban J connectivity index is 1.64. The van der Waals surface area contributed by atoms with E-state index in [-0.39, 0.29) is 0 Å². The summed E-state index contributed by atoms with van der Waals surface area (Å²) in [5.41, 5.74) is 5.86. The topological polar surface area (TPSA) is 52.8 Å². The zero-order valence-corrected chi connectivity index (χ0v) is 12.2. The molecular weight excluding hydrogens is 240 g/mol. The molecule has 110 valence electrons. The Hall–Kier alpha value is -0.650. The molecule has 0 atom stereocenters. The third-order valence-electron chi connectivity index (χ3n) is 4.45. The van der Waals surface area contributed by atoms with E-state index in [9.17, 15) is 4.79 Å². The van der Waals surface area contributed by atoms with Crippen LogP contribution in [0.1, 0.15) is 26.2 Å². The fourth-order valence-electron chi connectivity index (χ4n) is 2.89. The van der Waals surface area contributed by atoms with Gasteiger partial charge in [0.25, 0.3) is 0 Å². The summed E-state index contributed by atoms with van der Waals surface area (Å²) < 4.78 is 0. The predicted molar refractivity (Wildman–Crippen MR) is 77.0 cm³/mol. The zero-order valence-electron chi connectivity index (χ0n) is 12.2. The van der Waals surface area contributed by atoms with Gasteiger partial charge in [-0.05, 0) is 19.4 Å². The standard InChI is InChI=1S/C14H28N4O/c1-2-16-9-11-17(12-10-16)6-5-14(19)18-7-3-13(15)4-8-18/h13H,2-12,15H2,1H3. The van der Waals surface area contributed by atoms with Crippen molar-refractivity contribution in [2.75, 3.05) is 52.4 Å². The predicted octanol–water partition coefficient (Wildman–Crippen LogP) is -0.0363. The molecule has 2 aliphatic heterocycles. The lowest BCUT2D eigenvalue weighted by atomic mass is 10.1. The van der Waals surface area contributed by atoms with Gasteiger partial charge in [0.2, 0.25) is 5.91 Å². The summed E-state index contributed by atoms with van der Waals surface area (Å²) in [6, 6.07) is 0.297. The molecule has 0 aromatic heterocycles. The van der Waals surface area contributed by atoms with Crippen LogP contribution in [-0.4, -0.2) is 79.0 Å².